The zero-order chi connectivity index (χ0) is 30.2. The number of nitrogens with zero attached hydrogens (tertiary/aromatic N) is 1. The first-order valence-electron chi connectivity index (χ1n) is 12.3. The number of aliphatic imine (C=N–C) groups is 1. The zero-order valence-electron chi connectivity index (χ0n) is 21.7. The van der Waals surface area contributed by atoms with Crippen molar-refractivity contribution in [2.24, 2.45) is 27.9 Å². The van der Waals surface area contributed by atoms with Gasteiger partial charge in [-0.25, -0.2) is 4.79 Å². The van der Waals surface area contributed by atoms with E-state index < -0.39 is 66.2 Å². The van der Waals surface area contributed by atoms with Gasteiger partial charge in [-0.1, -0.05) is 30.3 Å². The highest BCUT2D eigenvalue weighted by Crippen LogP contribution is 2.07. The minimum absolute atomic E-state index is 0.0392. The molecular formula is C24H36N8O8. The standard InChI is InChI=1S/C24H36N8O8/c25-14(12-19(34)35)20(36)32-17(11-13-5-2-1-3-6-13)22(38)30-15(8-9-18(26)33)21(37)31-16(23(39)40)7-4-10-29-24(27)28/h1-3,5-6,14-17H,4,7-12,25H2,(H2,26,33)(H,30,38)(H,31,37)(H,32,36)(H,34,35)(H,39,40)(H4,27,28,29). The SMILES string of the molecule is NC(=O)CCC(NC(=O)C(Cc1ccccc1)NC(=O)C(N)CC(=O)O)C(=O)NC(CCCN=C(N)N)C(=O)O. The largest absolute Gasteiger partial charge is 0.481 e. The Hall–Kier alpha value is -4.73. The number of nitrogens with one attached hydrogen (secondary N) is 3. The Bertz CT molecular complexity index is 1080. The summed E-state index contributed by atoms with van der Waals surface area (Å²) in [6.07, 6.45) is -1.14. The van der Waals surface area contributed by atoms with E-state index in [2.05, 4.69) is 20.9 Å². The van der Waals surface area contributed by atoms with E-state index in [0.717, 1.165) is 0 Å². The Morgan fingerprint density at radius 2 is 1.38 bits per heavy atom. The predicted octanol–water partition coefficient (Wildman–Crippen LogP) is -3.11. The lowest BCUT2D eigenvalue weighted by molar-refractivity contribution is -0.142. The number of amides is 4. The summed E-state index contributed by atoms with van der Waals surface area (Å²) in [5.74, 6) is -6.29. The molecule has 1 rings (SSSR count). The lowest BCUT2D eigenvalue weighted by atomic mass is 10.0. The summed E-state index contributed by atoms with van der Waals surface area (Å²) in [4.78, 5) is 76.5. The van der Waals surface area contributed by atoms with Gasteiger partial charge in [0.2, 0.25) is 23.6 Å². The molecule has 0 saturated carbocycles. The molecule has 4 unspecified atom stereocenters. The second kappa shape index (κ2) is 17.0. The van der Waals surface area contributed by atoms with Gasteiger partial charge in [0.15, 0.2) is 5.96 Å². The van der Waals surface area contributed by atoms with Gasteiger partial charge in [0.1, 0.15) is 18.1 Å². The Labute approximate surface area is 229 Å². The van der Waals surface area contributed by atoms with E-state index in [9.17, 15) is 33.9 Å². The van der Waals surface area contributed by atoms with Gasteiger partial charge in [-0.3, -0.25) is 29.0 Å². The molecule has 0 heterocycles. The summed E-state index contributed by atoms with van der Waals surface area (Å²) >= 11 is 0. The van der Waals surface area contributed by atoms with Crippen LogP contribution in [0.15, 0.2) is 35.3 Å². The summed E-state index contributed by atoms with van der Waals surface area (Å²) in [6.45, 7) is 0.120. The maximum atomic E-state index is 13.2. The molecule has 220 valence electrons. The fourth-order valence-electron chi connectivity index (χ4n) is 3.48. The van der Waals surface area contributed by atoms with Crippen LogP contribution < -0.4 is 38.9 Å². The van der Waals surface area contributed by atoms with Crippen molar-refractivity contribution in [3.8, 4) is 0 Å². The summed E-state index contributed by atoms with van der Waals surface area (Å²) in [5, 5.41) is 25.6. The lowest BCUT2D eigenvalue weighted by Gasteiger charge is -2.25. The Morgan fingerprint density at radius 3 is 1.93 bits per heavy atom. The average Bonchev–Trinajstić information content (AvgIpc) is 2.87. The van der Waals surface area contributed by atoms with Crippen molar-refractivity contribution >= 4 is 41.5 Å². The first-order valence-corrected chi connectivity index (χ1v) is 12.3. The maximum Gasteiger partial charge on any atom is 0.326 e. The fourth-order valence-corrected chi connectivity index (χ4v) is 3.48. The van der Waals surface area contributed by atoms with Crippen molar-refractivity contribution in [2.75, 3.05) is 6.54 Å². The van der Waals surface area contributed by atoms with Crippen LogP contribution in [-0.2, 0) is 35.2 Å². The third-order valence-corrected chi connectivity index (χ3v) is 5.52. The number of primary amides is 1. The second-order valence-corrected chi connectivity index (χ2v) is 8.87. The van der Waals surface area contributed by atoms with E-state index >= 15 is 0 Å². The van der Waals surface area contributed by atoms with E-state index in [-0.39, 0.29) is 44.6 Å². The molecule has 0 aromatic heterocycles. The Kier molecular flexibility index (Phi) is 14.1. The van der Waals surface area contributed by atoms with E-state index in [1.807, 2.05) is 0 Å². The number of hydrogen-bond acceptors (Lipinski definition) is 8. The first-order chi connectivity index (χ1) is 18.8. The maximum absolute atomic E-state index is 13.2. The number of aliphatic carboxylic acids is 2. The molecule has 13 N–H and O–H groups in total. The van der Waals surface area contributed by atoms with Crippen LogP contribution >= 0.6 is 0 Å². The van der Waals surface area contributed by atoms with Gasteiger partial charge >= 0.3 is 11.9 Å². The molecule has 0 saturated heterocycles. The van der Waals surface area contributed by atoms with Crippen LogP contribution in [0.1, 0.15) is 37.7 Å². The van der Waals surface area contributed by atoms with Gasteiger partial charge in [0.25, 0.3) is 0 Å². The number of guanidine groups is 1. The van der Waals surface area contributed by atoms with Crippen LogP contribution in [0, 0.1) is 0 Å². The topological polar surface area (TPSA) is 295 Å². The average molecular weight is 565 g/mol. The van der Waals surface area contributed by atoms with Crippen LogP contribution in [0.4, 0.5) is 0 Å². The molecule has 0 fully saturated rings. The van der Waals surface area contributed by atoms with Crippen molar-refractivity contribution < 1.29 is 39.0 Å². The molecule has 1 aromatic rings. The smallest absolute Gasteiger partial charge is 0.326 e. The molecule has 0 aliphatic heterocycles. The van der Waals surface area contributed by atoms with Gasteiger partial charge in [-0.2, -0.15) is 0 Å². The molecule has 16 heteroatoms. The molecule has 0 bridgehead atoms. The number of carboxylic acid groups (broad SMARTS) is 2. The van der Waals surface area contributed by atoms with E-state index in [1.165, 1.54) is 0 Å². The zero-order valence-corrected chi connectivity index (χ0v) is 21.7. The molecule has 16 nitrogen and oxygen atoms in total. The molecule has 4 atom stereocenters. The quantitative estimate of drug-likeness (QED) is 0.0488. The molecule has 0 radical (unpaired) electrons. The number of benzene rings is 1. The van der Waals surface area contributed by atoms with E-state index in [1.54, 1.807) is 30.3 Å². The number of carboxylic acids is 2. The normalized spacial score (nSPS) is 13.5. The van der Waals surface area contributed by atoms with Crippen molar-refractivity contribution in [1.29, 1.82) is 0 Å². The van der Waals surface area contributed by atoms with Crippen LogP contribution in [-0.4, -0.2) is 82.5 Å². The minimum atomic E-state index is -1.45. The van der Waals surface area contributed by atoms with Gasteiger partial charge in [0.05, 0.1) is 12.5 Å². The molecular weight excluding hydrogens is 528 g/mol. The summed E-state index contributed by atoms with van der Waals surface area (Å²) in [7, 11) is 0. The number of nitrogens with two attached hydrogens (primary N) is 4. The molecule has 4 amide bonds. The van der Waals surface area contributed by atoms with Crippen LogP contribution in [0.25, 0.3) is 0 Å². The van der Waals surface area contributed by atoms with Gasteiger partial charge < -0.3 is 49.1 Å². The van der Waals surface area contributed by atoms with Crippen molar-refractivity contribution in [1.82, 2.24) is 16.0 Å². The summed E-state index contributed by atoms with van der Waals surface area (Å²) in [6, 6.07) is 2.99. The molecule has 0 spiro atoms. The summed E-state index contributed by atoms with van der Waals surface area (Å²) in [5.41, 5.74) is 21.9. The predicted molar refractivity (Wildman–Crippen MR) is 142 cm³/mol. The van der Waals surface area contributed by atoms with Crippen molar-refractivity contribution in [3.63, 3.8) is 0 Å². The van der Waals surface area contributed by atoms with Gasteiger partial charge in [-0.15, -0.1) is 0 Å². The van der Waals surface area contributed by atoms with Crippen LogP contribution in [0.5, 0.6) is 0 Å². The van der Waals surface area contributed by atoms with Crippen LogP contribution in [0.2, 0.25) is 0 Å². The molecule has 0 aliphatic rings. The summed E-state index contributed by atoms with van der Waals surface area (Å²) < 4.78 is 0. The third kappa shape index (κ3) is 13.2. The van der Waals surface area contributed by atoms with Gasteiger partial charge in [0, 0.05) is 19.4 Å². The molecule has 0 aliphatic carbocycles. The van der Waals surface area contributed by atoms with Crippen LogP contribution in [0.3, 0.4) is 0 Å². The number of hydrogen-bond donors (Lipinski definition) is 9. The van der Waals surface area contributed by atoms with E-state index in [0.29, 0.717) is 5.56 Å². The number of carbonyl (C=O) groups excluding carboxylic acids is 4. The van der Waals surface area contributed by atoms with Gasteiger partial charge in [-0.05, 0) is 24.8 Å². The monoisotopic (exact) mass is 564 g/mol. The highest BCUT2D eigenvalue weighted by Gasteiger charge is 2.31. The lowest BCUT2D eigenvalue weighted by Crippen LogP contribution is -2.57. The highest BCUT2D eigenvalue weighted by molar-refractivity contribution is 5.95. The number of carbonyl (C=O) groups is 6. The molecule has 40 heavy (non-hydrogen) atoms. The highest BCUT2D eigenvalue weighted by atomic mass is 16.4. The third-order valence-electron chi connectivity index (χ3n) is 5.52. The second-order valence-electron chi connectivity index (χ2n) is 8.87. The van der Waals surface area contributed by atoms with E-state index in [4.69, 9.17) is 28.0 Å². The number of rotatable bonds is 18. The Balaban J connectivity index is 3.10. The first kappa shape index (κ1) is 33.3. The Morgan fingerprint density at radius 1 is 0.800 bits per heavy atom. The van der Waals surface area contributed by atoms with Crippen molar-refractivity contribution in [3.05, 3.63) is 35.9 Å². The minimum Gasteiger partial charge on any atom is -0.481 e. The molecule has 1 aromatic carbocycles. The van der Waals surface area contributed by atoms with Crippen molar-refractivity contribution in [2.45, 2.75) is 62.7 Å². The fraction of sp³-hybridized carbons (Fsp3) is 0.458.